The van der Waals surface area contributed by atoms with Gasteiger partial charge in [0.1, 0.15) is 11.9 Å². The third kappa shape index (κ3) is 4.87. The van der Waals surface area contributed by atoms with Crippen LogP contribution in [0.5, 0.6) is 11.5 Å². The topological polar surface area (TPSA) is 94.5 Å². The van der Waals surface area contributed by atoms with Crippen molar-refractivity contribution in [1.82, 2.24) is 15.1 Å². The molecule has 0 spiro atoms. The molecule has 8 heteroatoms. The van der Waals surface area contributed by atoms with Crippen LogP contribution in [0.4, 0.5) is 5.82 Å². The van der Waals surface area contributed by atoms with Crippen molar-refractivity contribution in [2.45, 2.75) is 39.7 Å². The van der Waals surface area contributed by atoms with Crippen molar-refractivity contribution in [3.8, 4) is 11.5 Å². The number of methoxy groups -OCH3 is 1. The van der Waals surface area contributed by atoms with Gasteiger partial charge in [0.2, 0.25) is 5.91 Å². The van der Waals surface area contributed by atoms with Crippen LogP contribution in [0.15, 0.2) is 42.5 Å². The van der Waals surface area contributed by atoms with E-state index in [1.807, 2.05) is 44.2 Å². The summed E-state index contributed by atoms with van der Waals surface area (Å²) in [5, 5.41) is 10.4. The van der Waals surface area contributed by atoms with Gasteiger partial charge in [0.15, 0.2) is 11.5 Å². The number of carbonyl (C=O) groups is 2. The molecule has 2 atom stereocenters. The number of nitrogens with one attached hydrogen (secondary N) is 2. The summed E-state index contributed by atoms with van der Waals surface area (Å²) in [6.07, 6.45) is 0. The van der Waals surface area contributed by atoms with E-state index in [0.717, 1.165) is 22.4 Å². The zero-order valence-corrected chi connectivity index (χ0v) is 21.0. The summed E-state index contributed by atoms with van der Waals surface area (Å²) < 4.78 is 13.2. The van der Waals surface area contributed by atoms with Crippen molar-refractivity contribution in [3.63, 3.8) is 0 Å². The highest BCUT2D eigenvalue weighted by atomic mass is 16.5. The fourth-order valence-electron chi connectivity index (χ4n) is 4.48. The van der Waals surface area contributed by atoms with Crippen molar-refractivity contribution in [2.75, 3.05) is 19.0 Å². The van der Waals surface area contributed by atoms with Gasteiger partial charge < -0.3 is 20.1 Å². The average Bonchev–Trinajstić information content (AvgIpc) is 3.10. The van der Waals surface area contributed by atoms with Crippen molar-refractivity contribution in [2.24, 2.45) is 13.0 Å². The van der Waals surface area contributed by atoms with E-state index < -0.39 is 12.0 Å². The normalized spacial score (nSPS) is 17.1. The van der Waals surface area contributed by atoms with Gasteiger partial charge in [-0.05, 0) is 49.6 Å². The minimum absolute atomic E-state index is 0.299. The van der Waals surface area contributed by atoms with E-state index in [0.29, 0.717) is 35.4 Å². The Morgan fingerprint density at radius 2 is 1.94 bits per heavy atom. The van der Waals surface area contributed by atoms with E-state index in [1.54, 1.807) is 31.0 Å². The zero-order chi connectivity index (χ0) is 25.3. The van der Waals surface area contributed by atoms with Crippen LogP contribution in [0.25, 0.3) is 0 Å². The molecular formula is C27H32N4O4. The molecule has 1 aliphatic rings. The molecule has 0 aliphatic carbocycles. The van der Waals surface area contributed by atoms with E-state index in [2.05, 4.69) is 29.6 Å². The number of amides is 2. The summed E-state index contributed by atoms with van der Waals surface area (Å²) in [7, 11) is 3.39. The van der Waals surface area contributed by atoms with Gasteiger partial charge in [-0.3, -0.25) is 14.3 Å². The molecule has 3 aromatic rings. The first-order chi connectivity index (χ1) is 16.7. The van der Waals surface area contributed by atoms with Crippen molar-refractivity contribution >= 4 is 17.6 Å². The highest BCUT2D eigenvalue weighted by Crippen LogP contribution is 2.42. The molecule has 0 saturated heterocycles. The number of aryl methyl sites for hydroxylation is 3. The van der Waals surface area contributed by atoms with Gasteiger partial charge in [-0.2, -0.15) is 5.10 Å². The quantitative estimate of drug-likeness (QED) is 0.538. The first-order valence-electron chi connectivity index (χ1n) is 11.7. The largest absolute Gasteiger partial charge is 0.493 e. The van der Waals surface area contributed by atoms with Gasteiger partial charge in [-0.1, -0.05) is 37.6 Å². The maximum atomic E-state index is 13.3. The number of carbonyl (C=O) groups excluding carboxylic acids is 2. The van der Waals surface area contributed by atoms with Crippen LogP contribution >= 0.6 is 0 Å². The fourth-order valence-corrected chi connectivity index (χ4v) is 4.48. The number of hydrogen-bond donors (Lipinski definition) is 2. The molecule has 2 N–H and O–H groups in total. The number of nitrogens with zero attached hydrogens (tertiary/aromatic N) is 2. The minimum Gasteiger partial charge on any atom is -0.493 e. The Labute approximate surface area is 205 Å². The lowest BCUT2D eigenvalue weighted by Crippen LogP contribution is -2.50. The number of benzene rings is 2. The van der Waals surface area contributed by atoms with Crippen LogP contribution in [-0.4, -0.2) is 41.4 Å². The molecule has 4 rings (SSSR count). The second-order valence-corrected chi connectivity index (χ2v) is 9.37. The predicted octanol–water partition coefficient (Wildman–Crippen LogP) is 3.96. The summed E-state index contributed by atoms with van der Waals surface area (Å²) in [5.41, 5.74) is 3.94. The Bertz CT molecular complexity index is 1260. The van der Waals surface area contributed by atoms with Crippen molar-refractivity contribution < 1.29 is 19.1 Å². The summed E-state index contributed by atoms with van der Waals surface area (Å²) in [4.78, 5) is 26.5. The van der Waals surface area contributed by atoms with Gasteiger partial charge in [-0.25, -0.2) is 0 Å². The third-order valence-corrected chi connectivity index (χ3v) is 6.12. The molecule has 8 nitrogen and oxygen atoms in total. The molecule has 1 aliphatic heterocycles. The maximum Gasteiger partial charge on any atom is 0.251 e. The van der Waals surface area contributed by atoms with E-state index in [9.17, 15) is 9.59 Å². The summed E-state index contributed by atoms with van der Waals surface area (Å²) >= 11 is 0. The Morgan fingerprint density at radius 1 is 1.17 bits per heavy atom. The molecule has 2 amide bonds. The molecule has 0 fully saturated rings. The number of hydrogen-bond acceptors (Lipinski definition) is 5. The Morgan fingerprint density at radius 3 is 2.63 bits per heavy atom. The van der Waals surface area contributed by atoms with Crippen molar-refractivity contribution in [3.05, 3.63) is 70.4 Å². The molecule has 0 saturated carbocycles. The lowest BCUT2D eigenvalue weighted by atomic mass is 9.81. The Kier molecular flexibility index (Phi) is 6.82. The lowest BCUT2D eigenvalue weighted by Gasteiger charge is -2.33. The Balaban J connectivity index is 1.79. The van der Waals surface area contributed by atoms with Gasteiger partial charge in [0.05, 0.1) is 19.4 Å². The molecule has 2 heterocycles. The molecule has 35 heavy (non-hydrogen) atoms. The number of aromatic nitrogens is 2. The van der Waals surface area contributed by atoms with Gasteiger partial charge in [0.25, 0.3) is 5.91 Å². The van der Waals surface area contributed by atoms with E-state index >= 15 is 0 Å². The summed E-state index contributed by atoms with van der Waals surface area (Å²) in [6, 6.07) is 12.1. The first-order valence-corrected chi connectivity index (χ1v) is 11.7. The van der Waals surface area contributed by atoms with Crippen LogP contribution in [0.1, 0.15) is 52.5 Å². The Hall–Kier alpha value is -3.81. The second-order valence-electron chi connectivity index (χ2n) is 9.37. The fraction of sp³-hybridized carbons (Fsp3) is 0.370. The van der Waals surface area contributed by atoms with Crippen LogP contribution in [0.2, 0.25) is 0 Å². The standard InChI is InChI=1S/C27H32N4O4/c1-15(2)14-35-21-13-18(10-11-20(21)34-6)23-22-17(4)30-31(5)25(22)29-27(33)24(23)28-26(32)19-9-7-8-16(3)12-19/h7-13,15,23-24H,14H2,1-6H3,(H,28,32)(H,29,33)/t23-,24+/m1/s1. The van der Waals surface area contributed by atoms with Gasteiger partial charge in [-0.15, -0.1) is 0 Å². The first kappa shape index (κ1) is 24.3. The number of ether oxygens (including phenoxy) is 2. The number of rotatable bonds is 7. The zero-order valence-electron chi connectivity index (χ0n) is 21.0. The molecule has 2 aromatic carbocycles. The smallest absolute Gasteiger partial charge is 0.251 e. The average molecular weight is 477 g/mol. The monoisotopic (exact) mass is 476 g/mol. The lowest BCUT2D eigenvalue weighted by molar-refractivity contribution is -0.118. The van der Waals surface area contributed by atoms with Crippen LogP contribution in [0, 0.1) is 19.8 Å². The SMILES string of the molecule is COc1ccc([C@@H]2c3c(C)nn(C)c3NC(=O)[C@H]2NC(=O)c2cccc(C)c2)cc1OCC(C)C. The molecular weight excluding hydrogens is 444 g/mol. The molecule has 0 unspecified atom stereocenters. The van der Waals surface area contributed by atoms with Gasteiger partial charge in [0, 0.05) is 24.1 Å². The molecule has 0 radical (unpaired) electrons. The number of anilines is 1. The van der Waals surface area contributed by atoms with E-state index in [1.165, 1.54) is 0 Å². The molecule has 1 aromatic heterocycles. The van der Waals surface area contributed by atoms with E-state index in [4.69, 9.17) is 9.47 Å². The van der Waals surface area contributed by atoms with E-state index in [-0.39, 0.29) is 11.8 Å². The minimum atomic E-state index is -0.843. The van der Waals surface area contributed by atoms with Crippen molar-refractivity contribution in [1.29, 1.82) is 0 Å². The third-order valence-electron chi connectivity index (χ3n) is 6.12. The maximum absolute atomic E-state index is 13.3. The second kappa shape index (κ2) is 9.82. The van der Waals surface area contributed by atoms with Crippen LogP contribution in [-0.2, 0) is 11.8 Å². The molecule has 0 bridgehead atoms. The highest BCUT2D eigenvalue weighted by Gasteiger charge is 2.41. The van der Waals surface area contributed by atoms with Gasteiger partial charge >= 0.3 is 0 Å². The highest BCUT2D eigenvalue weighted by molar-refractivity contribution is 6.04. The summed E-state index contributed by atoms with van der Waals surface area (Å²) in [6.45, 7) is 8.50. The molecule has 184 valence electrons. The predicted molar refractivity (Wildman–Crippen MR) is 134 cm³/mol. The van der Waals surface area contributed by atoms with Crippen LogP contribution in [0.3, 0.4) is 0 Å². The summed E-state index contributed by atoms with van der Waals surface area (Å²) in [5.74, 6) is 1.08. The number of fused-ring (bicyclic) bond motifs is 1. The van der Waals surface area contributed by atoms with Crippen LogP contribution < -0.4 is 20.1 Å².